The monoisotopic (exact) mass is 489 g/mol. The van der Waals surface area contributed by atoms with Crippen molar-refractivity contribution in [3.05, 3.63) is 23.7 Å². The van der Waals surface area contributed by atoms with Crippen LogP contribution in [0.2, 0.25) is 5.15 Å². The quantitative estimate of drug-likeness (QED) is 0.564. The lowest BCUT2D eigenvalue weighted by Gasteiger charge is -2.52. The molecule has 1 spiro atoms. The molecule has 2 aromatic heterocycles. The fraction of sp³-hybridized carbons (Fsp3) is 0.720. The number of hydrogen-bond acceptors (Lipinski definition) is 6. The molecule has 9 heteroatoms. The van der Waals surface area contributed by atoms with Crippen LogP contribution in [-0.2, 0) is 9.47 Å². The van der Waals surface area contributed by atoms with E-state index in [2.05, 4.69) is 19.4 Å². The van der Waals surface area contributed by atoms with Crippen molar-refractivity contribution in [2.75, 3.05) is 26.2 Å². The van der Waals surface area contributed by atoms with Gasteiger partial charge in [-0.15, -0.1) is 0 Å². The van der Waals surface area contributed by atoms with E-state index in [-0.39, 0.29) is 24.0 Å². The second kappa shape index (κ2) is 9.28. The maximum atomic E-state index is 12.6. The molecular weight excluding hydrogens is 454 g/mol. The van der Waals surface area contributed by atoms with E-state index in [1.165, 1.54) is 25.6 Å². The molecule has 5 rings (SSSR count). The van der Waals surface area contributed by atoms with Crippen molar-refractivity contribution in [1.29, 1.82) is 0 Å². The van der Waals surface area contributed by atoms with Gasteiger partial charge in [-0.3, -0.25) is 4.90 Å². The van der Waals surface area contributed by atoms with Crippen molar-refractivity contribution < 1.29 is 14.3 Å². The summed E-state index contributed by atoms with van der Waals surface area (Å²) in [6.07, 6.45) is 11.2. The van der Waals surface area contributed by atoms with Crippen molar-refractivity contribution in [3.63, 3.8) is 0 Å². The summed E-state index contributed by atoms with van der Waals surface area (Å²) in [5.41, 5.74) is 0.538. The van der Waals surface area contributed by atoms with Gasteiger partial charge in [0.15, 0.2) is 0 Å². The number of amides is 1. The van der Waals surface area contributed by atoms with Gasteiger partial charge < -0.3 is 18.9 Å². The van der Waals surface area contributed by atoms with Crippen molar-refractivity contribution in [1.82, 2.24) is 24.3 Å². The molecule has 0 radical (unpaired) electrons. The second-order valence-electron chi connectivity index (χ2n) is 11.0. The van der Waals surface area contributed by atoms with Crippen LogP contribution in [0.4, 0.5) is 4.79 Å². The van der Waals surface area contributed by atoms with Gasteiger partial charge >= 0.3 is 6.09 Å². The standard InChI is InChI=1S/C25H36ClN5O3/c1-24(2,3)34-23(32)29-14-10-25(11-15-29)9-4-5-12-30(25)16-18-6-7-20(33-18)31-13-8-19-21(26)27-17-28-22(19)31/h8,13,17-18,20H,4-7,9-12,14-16H2,1-3H3/t18-,20+/m0/s1. The third-order valence-corrected chi connectivity index (χ3v) is 7.92. The number of nitrogens with zero attached hydrogens (tertiary/aromatic N) is 5. The molecule has 0 aromatic carbocycles. The Balaban J connectivity index is 1.22. The summed E-state index contributed by atoms with van der Waals surface area (Å²) in [6, 6.07) is 1.96. The van der Waals surface area contributed by atoms with Crippen LogP contribution in [0.5, 0.6) is 0 Å². The number of rotatable bonds is 3. The summed E-state index contributed by atoms with van der Waals surface area (Å²) in [6.45, 7) is 9.33. The van der Waals surface area contributed by atoms with Crippen molar-refractivity contribution >= 4 is 28.7 Å². The Morgan fingerprint density at radius 1 is 1.18 bits per heavy atom. The highest BCUT2D eigenvalue weighted by Gasteiger charge is 2.44. The van der Waals surface area contributed by atoms with Gasteiger partial charge in [-0.05, 0) is 71.9 Å². The van der Waals surface area contributed by atoms with Crippen molar-refractivity contribution in [2.45, 2.75) is 89.2 Å². The molecule has 3 fully saturated rings. The van der Waals surface area contributed by atoms with Gasteiger partial charge in [0.05, 0.1) is 11.5 Å². The number of likely N-dealkylation sites (tertiary alicyclic amines) is 2. The number of carbonyl (C=O) groups excluding carboxylic acids is 1. The average molecular weight is 490 g/mol. The molecule has 0 bridgehead atoms. The predicted molar refractivity (Wildman–Crippen MR) is 131 cm³/mol. The van der Waals surface area contributed by atoms with Crippen LogP contribution >= 0.6 is 11.6 Å². The molecule has 0 saturated carbocycles. The molecule has 186 valence electrons. The van der Waals surface area contributed by atoms with Crippen molar-refractivity contribution in [2.24, 2.45) is 0 Å². The van der Waals surface area contributed by atoms with E-state index in [9.17, 15) is 4.79 Å². The molecule has 0 aliphatic carbocycles. The van der Waals surface area contributed by atoms with E-state index in [1.54, 1.807) is 0 Å². The van der Waals surface area contributed by atoms with Crippen molar-refractivity contribution in [3.8, 4) is 0 Å². The van der Waals surface area contributed by atoms with E-state index in [4.69, 9.17) is 21.1 Å². The zero-order valence-electron chi connectivity index (χ0n) is 20.5. The lowest BCUT2D eigenvalue weighted by molar-refractivity contribution is -0.0618. The highest BCUT2D eigenvalue weighted by Crippen LogP contribution is 2.40. The number of hydrogen-bond donors (Lipinski definition) is 0. The maximum Gasteiger partial charge on any atom is 0.410 e. The SMILES string of the molecule is CC(C)(C)OC(=O)N1CCC2(CCCCN2C[C@@H]2CC[C@H](n3ccc4c(Cl)ncnc43)O2)CC1. The highest BCUT2D eigenvalue weighted by molar-refractivity contribution is 6.33. The Bertz CT molecular complexity index is 1030. The van der Waals surface area contributed by atoms with Gasteiger partial charge in [0.2, 0.25) is 0 Å². The Labute approximate surface area is 206 Å². The van der Waals surface area contributed by atoms with E-state index < -0.39 is 5.60 Å². The van der Waals surface area contributed by atoms with Crippen LogP contribution in [0.15, 0.2) is 18.6 Å². The first-order chi connectivity index (χ1) is 16.2. The Hall–Kier alpha value is -1.90. The molecule has 5 heterocycles. The molecule has 34 heavy (non-hydrogen) atoms. The highest BCUT2D eigenvalue weighted by atomic mass is 35.5. The third-order valence-electron chi connectivity index (χ3n) is 7.62. The van der Waals surface area contributed by atoms with Crippen LogP contribution in [0.3, 0.4) is 0 Å². The van der Waals surface area contributed by atoms with Crippen LogP contribution in [-0.4, -0.2) is 73.9 Å². The fourth-order valence-corrected chi connectivity index (χ4v) is 6.07. The molecule has 2 aromatic rings. The van der Waals surface area contributed by atoms with Gasteiger partial charge in [0, 0.05) is 31.4 Å². The number of piperidine rings is 2. The molecule has 3 aliphatic rings. The van der Waals surface area contributed by atoms with Gasteiger partial charge in [0.1, 0.15) is 29.0 Å². The van der Waals surface area contributed by atoms with Crippen LogP contribution in [0.25, 0.3) is 11.0 Å². The maximum absolute atomic E-state index is 12.6. The summed E-state index contributed by atoms with van der Waals surface area (Å²) in [5.74, 6) is 0. The summed E-state index contributed by atoms with van der Waals surface area (Å²) >= 11 is 6.23. The molecule has 0 N–H and O–H groups in total. The third kappa shape index (κ3) is 4.77. The summed E-state index contributed by atoms with van der Waals surface area (Å²) in [7, 11) is 0. The molecule has 2 atom stereocenters. The van der Waals surface area contributed by atoms with Gasteiger partial charge in [-0.1, -0.05) is 18.0 Å². The number of ether oxygens (including phenoxy) is 2. The first-order valence-corrected chi connectivity index (χ1v) is 13.0. The number of aromatic nitrogens is 3. The van der Waals surface area contributed by atoms with Gasteiger partial charge in [0.25, 0.3) is 0 Å². The van der Waals surface area contributed by atoms with Gasteiger partial charge in [-0.2, -0.15) is 0 Å². The lowest BCUT2D eigenvalue weighted by Crippen LogP contribution is -2.59. The normalized spacial score (nSPS) is 25.8. The fourth-order valence-electron chi connectivity index (χ4n) is 5.88. The zero-order chi connectivity index (χ0) is 23.9. The lowest BCUT2D eigenvalue weighted by atomic mass is 9.78. The molecule has 0 unspecified atom stereocenters. The first-order valence-electron chi connectivity index (χ1n) is 12.6. The first kappa shape index (κ1) is 23.8. The predicted octanol–water partition coefficient (Wildman–Crippen LogP) is 5.02. The smallest absolute Gasteiger partial charge is 0.410 e. The largest absolute Gasteiger partial charge is 0.444 e. The van der Waals surface area contributed by atoms with Crippen LogP contribution < -0.4 is 0 Å². The summed E-state index contributed by atoms with van der Waals surface area (Å²) < 4.78 is 14.2. The number of carbonyl (C=O) groups is 1. The van der Waals surface area contributed by atoms with E-state index in [0.717, 1.165) is 62.9 Å². The molecule has 8 nitrogen and oxygen atoms in total. The topological polar surface area (TPSA) is 72.7 Å². The summed E-state index contributed by atoms with van der Waals surface area (Å²) in [5, 5.41) is 1.34. The minimum absolute atomic E-state index is 0.0248. The zero-order valence-corrected chi connectivity index (χ0v) is 21.3. The minimum atomic E-state index is -0.456. The van der Waals surface area contributed by atoms with E-state index >= 15 is 0 Å². The second-order valence-corrected chi connectivity index (χ2v) is 11.4. The molecule has 3 aliphatic heterocycles. The molecule has 3 saturated heterocycles. The minimum Gasteiger partial charge on any atom is -0.444 e. The Morgan fingerprint density at radius 3 is 2.74 bits per heavy atom. The van der Waals surface area contributed by atoms with Crippen LogP contribution in [0.1, 0.15) is 71.9 Å². The van der Waals surface area contributed by atoms with Crippen LogP contribution in [0, 0.1) is 0 Å². The Morgan fingerprint density at radius 2 is 1.97 bits per heavy atom. The summed E-state index contributed by atoms with van der Waals surface area (Å²) in [4.78, 5) is 25.6. The van der Waals surface area contributed by atoms with E-state index in [1.807, 2.05) is 37.9 Å². The van der Waals surface area contributed by atoms with E-state index in [0.29, 0.717) is 5.15 Å². The average Bonchev–Trinajstić information content (AvgIpc) is 3.42. The molecular formula is C25H36ClN5O3. The Kier molecular flexibility index (Phi) is 6.50. The van der Waals surface area contributed by atoms with Gasteiger partial charge in [-0.25, -0.2) is 14.8 Å². The number of halogens is 1. The molecule has 1 amide bonds. The number of fused-ring (bicyclic) bond motifs is 1.